The summed E-state index contributed by atoms with van der Waals surface area (Å²) in [6, 6.07) is 0. The minimum Gasteiger partial charge on any atom is -0.346 e. The van der Waals surface area contributed by atoms with Gasteiger partial charge in [-0.05, 0) is 20.3 Å². The van der Waals surface area contributed by atoms with Crippen molar-refractivity contribution in [2.24, 2.45) is 7.05 Å². The molecule has 2 aliphatic heterocycles. The summed E-state index contributed by atoms with van der Waals surface area (Å²) in [7, 11) is 1.86. The van der Waals surface area contributed by atoms with Gasteiger partial charge in [0.1, 0.15) is 0 Å². The largest absolute Gasteiger partial charge is 0.346 e. The van der Waals surface area contributed by atoms with Crippen LogP contribution in [0.5, 0.6) is 0 Å². The predicted molar refractivity (Wildman–Crippen MR) is 72.5 cm³/mol. The fourth-order valence-corrected chi connectivity index (χ4v) is 3.14. The molecule has 3 heterocycles. The Bertz CT molecular complexity index is 532. The zero-order valence-corrected chi connectivity index (χ0v) is 12.3. The fraction of sp³-hybridized carbons (Fsp3) is 0.714. The highest BCUT2D eigenvalue weighted by atomic mass is 16.7. The highest BCUT2D eigenvalue weighted by molar-refractivity contribution is 5.96. The molecule has 3 rings (SSSR count). The summed E-state index contributed by atoms with van der Waals surface area (Å²) in [5.41, 5.74) is 2.39. The molecule has 0 radical (unpaired) electrons. The van der Waals surface area contributed by atoms with E-state index in [1.807, 2.05) is 25.8 Å². The quantitative estimate of drug-likeness (QED) is 0.770. The second-order valence-corrected chi connectivity index (χ2v) is 5.61. The number of likely N-dealkylation sites (tertiary alicyclic amines) is 1. The van der Waals surface area contributed by atoms with Gasteiger partial charge in [-0.2, -0.15) is 5.10 Å². The second-order valence-electron chi connectivity index (χ2n) is 5.61. The Balaban J connectivity index is 1.83. The van der Waals surface area contributed by atoms with E-state index in [0.29, 0.717) is 25.3 Å². The van der Waals surface area contributed by atoms with Crippen molar-refractivity contribution in [3.8, 4) is 0 Å². The van der Waals surface area contributed by atoms with Crippen molar-refractivity contribution in [2.45, 2.75) is 32.5 Å². The van der Waals surface area contributed by atoms with Crippen LogP contribution in [-0.2, 0) is 16.5 Å². The summed E-state index contributed by atoms with van der Waals surface area (Å²) in [5, 5.41) is 4.32. The minimum absolute atomic E-state index is 0.0336. The molecular formula is C14H21N3O3. The van der Waals surface area contributed by atoms with Gasteiger partial charge >= 0.3 is 0 Å². The van der Waals surface area contributed by atoms with Gasteiger partial charge in [-0.3, -0.25) is 9.48 Å². The topological polar surface area (TPSA) is 56.6 Å². The number of rotatable bonds is 1. The van der Waals surface area contributed by atoms with E-state index in [-0.39, 0.29) is 5.91 Å². The number of aromatic nitrogens is 2. The Kier molecular flexibility index (Phi) is 3.30. The Morgan fingerprint density at radius 3 is 2.60 bits per heavy atom. The first-order chi connectivity index (χ1) is 9.52. The molecule has 20 heavy (non-hydrogen) atoms. The average Bonchev–Trinajstić information content (AvgIpc) is 2.95. The number of piperidine rings is 1. The first-order valence-corrected chi connectivity index (χ1v) is 7.10. The van der Waals surface area contributed by atoms with Crippen LogP contribution in [0.25, 0.3) is 0 Å². The zero-order valence-electron chi connectivity index (χ0n) is 12.3. The molecule has 0 aliphatic carbocycles. The summed E-state index contributed by atoms with van der Waals surface area (Å²) < 4.78 is 13.2. The van der Waals surface area contributed by atoms with Crippen LogP contribution >= 0.6 is 0 Å². The van der Waals surface area contributed by atoms with Crippen LogP contribution in [0, 0.1) is 13.8 Å². The monoisotopic (exact) mass is 279 g/mol. The molecule has 2 aliphatic rings. The highest BCUT2D eigenvalue weighted by Gasteiger charge is 2.42. The lowest BCUT2D eigenvalue weighted by Crippen LogP contribution is -2.51. The summed E-state index contributed by atoms with van der Waals surface area (Å²) in [5.74, 6) is -0.538. The van der Waals surface area contributed by atoms with Crippen molar-refractivity contribution >= 4 is 5.91 Å². The zero-order chi connectivity index (χ0) is 14.3. The molecule has 0 bridgehead atoms. The van der Waals surface area contributed by atoms with Crippen molar-refractivity contribution in [2.75, 3.05) is 26.3 Å². The standard InChI is InChI=1S/C14H21N3O3/c1-10-12(11(2)16(3)15-10)13(18)17-6-4-5-14(9-17)19-7-8-20-14/h4-9H2,1-3H3. The number of aryl methyl sites for hydroxylation is 2. The summed E-state index contributed by atoms with van der Waals surface area (Å²) in [4.78, 5) is 14.6. The van der Waals surface area contributed by atoms with Gasteiger partial charge in [-0.15, -0.1) is 0 Å². The van der Waals surface area contributed by atoms with Crippen molar-refractivity contribution in [1.29, 1.82) is 0 Å². The van der Waals surface area contributed by atoms with Gasteiger partial charge in [0.2, 0.25) is 0 Å². The SMILES string of the molecule is Cc1nn(C)c(C)c1C(=O)N1CCCC2(C1)OCCO2. The molecule has 1 aromatic heterocycles. The lowest BCUT2D eigenvalue weighted by atomic mass is 10.0. The Morgan fingerprint density at radius 2 is 2.00 bits per heavy atom. The van der Waals surface area contributed by atoms with Crippen molar-refractivity contribution in [1.82, 2.24) is 14.7 Å². The van der Waals surface area contributed by atoms with Gasteiger partial charge in [-0.25, -0.2) is 0 Å². The predicted octanol–water partition coefficient (Wildman–Crippen LogP) is 1.02. The number of amides is 1. The Morgan fingerprint density at radius 1 is 1.30 bits per heavy atom. The van der Waals surface area contributed by atoms with Crippen molar-refractivity contribution < 1.29 is 14.3 Å². The number of hydrogen-bond acceptors (Lipinski definition) is 4. The van der Waals surface area contributed by atoms with E-state index < -0.39 is 5.79 Å². The molecule has 0 aromatic carbocycles. The molecule has 0 unspecified atom stereocenters. The van der Waals surface area contributed by atoms with E-state index in [4.69, 9.17) is 9.47 Å². The summed E-state index contributed by atoms with van der Waals surface area (Å²) in [6.07, 6.45) is 1.77. The number of hydrogen-bond donors (Lipinski definition) is 0. The molecule has 0 saturated carbocycles. The Labute approximate surface area is 118 Å². The lowest BCUT2D eigenvalue weighted by Gasteiger charge is -2.38. The third-order valence-electron chi connectivity index (χ3n) is 4.24. The van der Waals surface area contributed by atoms with E-state index in [1.54, 1.807) is 4.68 Å². The first kappa shape index (κ1) is 13.6. The number of carbonyl (C=O) groups is 1. The van der Waals surface area contributed by atoms with E-state index in [0.717, 1.165) is 30.8 Å². The van der Waals surface area contributed by atoms with Gasteiger partial charge in [0, 0.05) is 25.7 Å². The number of carbonyl (C=O) groups excluding carboxylic acids is 1. The van der Waals surface area contributed by atoms with Crippen LogP contribution in [0.15, 0.2) is 0 Å². The van der Waals surface area contributed by atoms with Crippen LogP contribution in [-0.4, -0.2) is 52.7 Å². The van der Waals surface area contributed by atoms with Crippen LogP contribution in [0.1, 0.15) is 34.6 Å². The third-order valence-corrected chi connectivity index (χ3v) is 4.24. The molecule has 6 nitrogen and oxygen atoms in total. The summed E-state index contributed by atoms with van der Waals surface area (Å²) >= 11 is 0. The fourth-order valence-electron chi connectivity index (χ4n) is 3.14. The maximum atomic E-state index is 12.8. The molecule has 6 heteroatoms. The molecule has 110 valence electrons. The Hall–Kier alpha value is -1.40. The first-order valence-electron chi connectivity index (χ1n) is 7.10. The normalized spacial score (nSPS) is 21.6. The van der Waals surface area contributed by atoms with Gasteiger partial charge < -0.3 is 14.4 Å². The average molecular weight is 279 g/mol. The molecule has 1 spiro atoms. The van der Waals surface area contributed by atoms with Crippen LogP contribution in [0.2, 0.25) is 0 Å². The third kappa shape index (κ3) is 2.13. The van der Waals surface area contributed by atoms with Crippen molar-refractivity contribution in [3.63, 3.8) is 0 Å². The molecule has 0 N–H and O–H groups in total. The second kappa shape index (κ2) is 4.86. The lowest BCUT2D eigenvalue weighted by molar-refractivity contribution is -0.183. The van der Waals surface area contributed by atoms with E-state index in [2.05, 4.69) is 5.10 Å². The van der Waals surface area contributed by atoms with Gasteiger partial charge in [-0.1, -0.05) is 0 Å². The van der Waals surface area contributed by atoms with Gasteiger partial charge in [0.15, 0.2) is 5.79 Å². The maximum Gasteiger partial charge on any atom is 0.257 e. The maximum absolute atomic E-state index is 12.8. The molecule has 1 amide bonds. The smallest absolute Gasteiger partial charge is 0.257 e. The number of ether oxygens (including phenoxy) is 2. The molecule has 1 aromatic rings. The van der Waals surface area contributed by atoms with Crippen LogP contribution in [0.4, 0.5) is 0 Å². The van der Waals surface area contributed by atoms with E-state index >= 15 is 0 Å². The number of nitrogens with zero attached hydrogens (tertiary/aromatic N) is 3. The molecular weight excluding hydrogens is 258 g/mol. The molecule has 2 saturated heterocycles. The molecule has 0 atom stereocenters. The van der Waals surface area contributed by atoms with Crippen molar-refractivity contribution in [3.05, 3.63) is 17.0 Å². The van der Waals surface area contributed by atoms with Gasteiger partial charge in [0.25, 0.3) is 5.91 Å². The van der Waals surface area contributed by atoms with Gasteiger partial charge in [0.05, 0.1) is 31.0 Å². The highest BCUT2D eigenvalue weighted by Crippen LogP contribution is 2.31. The summed E-state index contributed by atoms with van der Waals surface area (Å²) in [6.45, 7) is 6.30. The van der Waals surface area contributed by atoms with Crippen LogP contribution < -0.4 is 0 Å². The van der Waals surface area contributed by atoms with E-state index in [1.165, 1.54) is 0 Å². The molecule has 2 fully saturated rings. The van der Waals surface area contributed by atoms with E-state index in [9.17, 15) is 4.79 Å². The van der Waals surface area contributed by atoms with Crippen LogP contribution in [0.3, 0.4) is 0 Å². The minimum atomic E-state index is -0.571.